The van der Waals surface area contributed by atoms with Gasteiger partial charge >= 0.3 is 12.1 Å². The molecule has 1 fully saturated rings. The Balaban J connectivity index is 2.65. The lowest BCUT2D eigenvalue weighted by molar-refractivity contribution is -0.144. The summed E-state index contributed by atoms with van der Waals surface area (Å²) in [5.41, 5.74) is -0.555. The van der Waals surface area contributed by atoms with Gasteiger partial charge < -0.3 is 9.47 Å². The van der Waals surface area contributed by atoms with Gasteiger partial charge in [-0.2, -0.15) is 0 Å². The molecule has 1 saturated heterocycles. The molecule has 1 aliphatic rings. The first kappa shape index (κ1) is 12.8. The smallest absolute Gasteiger partial charge is 0.411 e. The number of likely N-dealkylation sites (tertiary alicyclic amines) is 1. The largest absolute Gasteiger partial charge is 0.467 e. The molecule has 1 heterocycles. The summed E-state index contributed by atoms with van der Waals surface area (Å²) in [6, 6.07) is -0.611. The molecule has 1 aliphatic heterocycles. The fraction of sp³-hybridized carbons (Fsp3) is 0.727. The van der Waals surface area contributed by atoms with Gasteiger partial charge in [-0.05, 0) is 33.6 Å². The fourth-order valence-electron chi connectivity index (χ4n) is 1.51. The summed E-state index contributed by atoms with van der Waals surface area (Å²) in [6.45, 7) is 5.86. The molecule has 1 radical (unpaired) electrons. The van der Waals surface area contributed by atoms with Crippen LogP contribution in [0.15, 0.2) is 0 Å². The summed E-state index contributed by atoms with van der Waals surface area (Å²) < 4.78 is 9.83. The number of methoxy groups -OCH3 is 1. The Morgan fingerprint density at radius 3 is 2.50 bits per heavy atom. The Labute approximate surface area is 95.7 Å². The van der Waals surface area contributed by atoms with Crippen molar-refractivity contribution >= 4 is 12.1 Å². The molecule has 0 aromatic heterocycles. The zero-order valence-electron chi connectivity index (χ0n) is 10.1. The molecule has 1 atom stereocenters. The molecular formula is C11H18NO4. The van der Waals surface area contributed by atoms with Crippen molar-refractivity contribution in [3.05, 3.63) is 6.42 Å². The third kappa shape index (κ3) is 3.12. The molecule has 0 aliphatic carbocycles. The summed E-state index contributed by atoms with van der Waals surface area (Å²) in [7, 11) is 1.31. The highest BCUT2D eigenvalue weighted by atomic mass is 16.6. The van der Waals surface area contributed by atoms with Crippen LogP contribution in [-0.4, -0.2) is 42.3 Å². The van der Waals surface area contributed by atoms with E-state index in [0.717, 1.165) is 0 Å². The van der Waals surface area contributed by atoms with Crippen LogP contribution < -0.4 is 0 Å². The Hall–Kier alpha value is -1.26. The van der Waals surface area contributed by atoms with Crippen LogP contribution in [0.1, 0.15) is 27.2 Å². The van der Waals surface area contributed by atoms with E-state index in [0.29, 0.717) is 13.0 Å². The molecule has 5 heteroatoms. The summed E-state index contributed by atoms with van der Waals surface area (Å²) in [4.78, 5) is 24.5. The second kappa shape index (κ2) is 4.72. The molecule has 0 saturated carbocycles. The molecule has 0 spiro atoms. The van der Waals surface area contributed by atoms with Gasteiger partial charge in [-0.25, -0.2) is 9.59 Å². The number of hydrogen-bond donors (Lipinski definition) is 0. The summed E-state index contributed by atoms with van der Waals surface area (Å²) in [6.07, 6.45) is 1.96. The number of ether oxygens (including phenoxy) is 2. The molecule has 0 aromatic carbocycles. The van der Waals surface area contributed by atoms with Crippen LogP contribution in [-0.2, 0) is 14.3 Å². The lowest BCUT2D eigenvalue weighted by Gasteiger charge is -2.27. The molecular weight excluding hydrogens is 210 g/mol. The van der Waals surface area contributed by atoms with Crippen molar-refractivity contribution in [2.24, 2.45) is 0 Å². The van der Waals surface area contributed by atoms with Crippen LogP contribution in [0.4, 0.5) is 4.79 Å². The molecule has 0 N–H and O–H groups in total. The van der Waals surface area contributed by atoms with Crippen molar-refractivity contribution in [3.8, 4) is 0 Å². The predicted octanol–water partition coefficient (Wildman–Crippen LogP) is 1.37. The van der Waals surface area contributed by atoms with E-state index in [4.69, 9.17) is 4.74 Å². The lowest BCUT2D eigenvalue weighted by atomic mass is 10.2. The molecule has 0 unspecified atom stereocenters. The van der Waals surface area contributed by atoms with Gasteiger partial charge in [0.15, 0.2) is 0 Å². The minimum absolute atomic E-state index is 0.427. The van der Waals surface area contributed by atoms with Crippen LogP contribution in [0.5, 0.6) is 0 Å². The zero-order chi connectivity index (χ0) is 12.3. The average Bonchev–Trinajstić information content (AvgIpc) is 2.62. The number of rotatable bonds is 1. The molecule has 5 nitrogen and oxygen atoms in total. The van der Waals surface area contributed by atoms with Crippen molar-refractivity contribution in [2.45, 2.75) is 38.8 Å². The third-order valence-corrected chi connectivity index (χ3v) is 2.17. The Kier molecular flexibility index (Phi) is 3.78. The highest BCUT2D eigenvalue weighted by Gasteiger charge is 2.37. The molecule has 16 heavy (non-hydrogen) atoms. The number of amides is 1. The van der Waals surface area contributed by atoms with Crippen LogP contribution in [0.25, 0.3) is 0 Å². The first-order chi connectivity index (χ1) is 7.35. The van der Waals surface area contributed by atoms with Crippen molar-refractivity contribution in [1.82, 2.24) is 4.90 Å². The van der Waals surface area contributed by atoms with E-state index >= 15 is 0 Å². The van der Waals surface area contributed by atoms with Crippen LogP contribution in [0.2, 0.25) is 0 Å². The summed E-state index contributed by atoms with van der Waals surface area (Å²) >= 11 is 0. The van der Waals surface area contributed by atoms with Gasteiger partial charge in [0, 0.05) is 6.54 Å². The van der Waals surface area contributed by atoms with Gasteiger partial charge in [0.2, 0.25) is 0 Å². The summed E-state index contributed by atoms with van der Waals surface area (Å²) in [5, 5.41) is 0. The molecule has 1 amide bonds. The number of carbonyl (C=O) groups excluding carboxylic acids is 2. The molecule has 1 rings (SSSR count). The predicted molar refractivity (Wildman–Crippen MR) is 57.7 cm³/mol. The van der Waals surface area contributed by atoms with Gasteiger partial charge in [-0.15, -0.1) is 0 Å². The maximum absolute atomic E-state index is 11.8. The van der Waals surface area contributed by atoms with Crippen LogP contribution in [0, 0.1) is 6.42 Å². The van der Waals surface area contributed by atoms with E-state index in [-0.39, 0.29) is 0 Å². The molecule has 0 aromatic rings. The number of esters is 1. The van der Waals surface area contributed by atoms with E-state index in [1.807, 2.05) is 0 Å². The topological polar surface area (TPSA) is 55.8 Å². The van der Waals surface area contributed by atoms with Gasteiger partial charge in [-0.3, -0.25) is 4.90 Å². The van der Waals surface area contributed by atoms with Crippen LogP contribution >= 0.6 is 0 Å². The Morgan fingerprint density at radius 2 is 2.00 bits per heavy atom. The van der Waals surface area contributed by atoms with Crippen molar-refractivity contribution in [3.63, 3.8) is 0 Å². The van der Waals surface area contributed by atoms with E-state index in [1.165, 1.54) is 12.0 Å². The zero-order valence-corrected chi connectivity index (χ0v) is 10.1. The van der Waals surface area contributed by atoms with Crippen molar-refractivity contribution in [2.75, 3.05) is 13.7 Å². The first-order valence-corrected chi connectivity index (χ1v) is 5.26. The quantitative estimate of drug-likeness (QED) is 0.636. The maximum Gasteiger partial charge on any atom is 0.411 e. The number of carbonyl (C=O) groups is 2. The highest BCUT2D eigenvalue weighted by molar-refractivity contribution is 5.83. The second-order valence-corrected chi connectivity index (χ2v) is 4.67. The molecule has 0 bridgehead atoms. The van der Waals surface area contributed by atoms with E-state index < -0.39 is 23.7 Å². The van der Waals surface area contributed by atoms with E-state index in [2.05, 4.69) is 4.74 Å². The van der Waals surface area contributed by atoms with Crippen LogP contribution in [0.3, 0.4) is 0 Å². The summed E-state index contributed by atoms with van der Waals surface area (Å²) in [5.74, 6) is -0.427. The monoisotopic (exact) mass is 228 g/mol. The minimum Gasteiger partial charge on any atom is -0.467 e. The average molecular weight is 228 g/mol. The Morgan fingerprint density at radius 1 is 1.38 bits per heavy atom. The Bertz CT molecular complexity index is 282. The normalized spacial score (nSPS) is 20.8. The maximum atomic E-state index is 11.8. The van der Waals surface area contributed by atoms with E-state index in [9.17, 15) is 9.59 Å². The first-order valence-electron chi connectivity index (χ1n) is 5.26. The number of nitrogens with zero attached hydrogens (tertiary/aromatic N) is 1. The van der Waals surface area contributed by atoms with Gasteiger partial charge in [0.1, 0.15) is 11.6 Å². The third-order valence-electron chi connectivity index (χ3n) is 2.17. The van der Waals surface area contributed by atoms with Gasteiger partial charge in [-0.1, -0.05) is 0 Å². The fourth-order valence-corrected chi connectivity index (χ4v) is 1.51. The van der Waals surface area contributed by atoms with Gasteiger partial charge in [0.05, 0.1) is 7.11 Å². The lowest BCUT2D eigenvalue weighted by Crippen LogP contribution is -2.43. The van der Waals surface area contributed by atoms with Crippen molar-refractivity contribution in [1.29, 1.82) is 0 Å². The highest BCUT2D eigenvalue weighted by Crippen LogP contribution is 2.20. The molecule has 91 valence electrons. The number of hydrogen-bond acceptors (Lipinski definition) is 4. The van der Waals surface area contributed by atoms with E-state index in [1.54, 1.807) is 27.2 Å². The van der Waals surface area contributed by atoms with Gasteiger partial charge in [0.25, 0.3) is 0 Å². The standard InChI is InChI=1S/C11H18NO4/c1-11(2,3)16-10(14)12-7-5-6-8(12)9(13)15-4/h6,8H,5,7H2,1-4H3/t8-/m0/s1. The second-order valence-electron chi connectivity index (χ2n) is 4.67. The minimum atomic E-state index is -0.611. The SMILES string of the molecule is COC(=O)[C@@H]1[CH]CCN1C(=O)OC(C)(C)C. The van der Waals surface area contributed by atoms with Crippen molar-refractivity contribution < 1.29 is 19.1 Å².